The molecule has 9 heteroatoms. The number of fused-ring (bicyclic) bond motifs is 11. The normalized spacial score (nSPS) is 13.0. The maximum Gasteiger partial charge on any atom is -0.0380 e. The second kappa shape index (κ2) is 20.1. The van der Waals surface area contributed by atoms with Gasteiger partial charge in [0.25, 0.3) is 0 Å². The predicted molar refractivity (Wildman–Crippen MR) is 368 cm³/mol. The van der Waals surface area contributed by atoms with E-state index in [1.165, 1.54) is 45.1 Å². The van der Waals surface area contributed by atoms with Crippen molar-refractivity contribution in [3.8, 4) is 11.5 Å². The largest absolute Gasteiger partial charge is 0.0602 e. The predicted octanol–water partition coefficient (Wildman–Crippen LogP) is 16.5. The van der Waals surface area contributed by atoms with E-state index in [4.69, 9.17) is 4.74 Å². The number of ether oxygens (including phenoxy) is 1. The topological polar surface area (TPSA) is 25.4 Å². The molecule has 406 valence electrons. The summed E-state index contributed by atoms with van der Waals surface area (Å²) in [6.45, 7) is -0.332. The molecule has 4 aliphatic heterocycles. The van der Waals surface area contributed by atoms with Crippen LogP contribution in [0, 0.1) is 0 Å². The molecule has 0 saturated heterocycles. The van der Waals surface area contributed by atoms with Crippen molar-refractivity contribution in [1.29, 1.82) is 0 Å². The fraction of sp³-hybridized carbons (Fsp3) is 0. The Morgan fingerprint density at radius 2 is 0.701 bits per heavy atom. The van der Waals surface area contributed by atoms with E-state index >= 15 is 0 Å². The van der Waals surface area contributed by atoms with Crippen molar-refractivity contribution in [2.24, 2.45) is 0 Å². The summed E-state index contributed by atoms with van der Waals surface area (Å²) in [7, 11) is 0. The van der Waals surface area contributed by atoms with Crippen LogP contribution >= 0.6 is 0 Å². The molecule has 14 aromatic rings. The van der Waals surface area contributed by atoms with E-state index in [0.29, 0.717) is 0 Å². The van der Waals surface area contributed by atoms with E-state index in [-0.39, 0.29) is 13.4 Å². The van der Waals surface area contributed by atoms with E-state index in [1.54, 1.807) is 0 Å². The van der Waals surface area contributed by atoms with Crippen LogP contribution in [0.25, 0.3) is 17.6 Å². The van der Waals surface area contributed by atoms with Crippen molar-refractivity contribution in [2.45, 2.75) is 0 Å². The molecule has 13 aromatic carbocycles. The molecule has 0 atom stereocenters. The van der Waals surface area contributed by atoms with E-state index in [9.17, 15) is 0 Å². The van der Waals surface area contributed by atoms with E-state index < -0.39 is 20.4 Å². The third-order valence-corrected chi connectivity index (χ3v) is 21.2. The van der Waals surface area contributed by atoms with Gasteiger partial charge in [0.2, 0.25) is 0 Å². The van der Waals surface area contributed by atoms with Crippen molar-refractivity contribution in [1.82, 2.24) is 0 Å². The van der Waals surface area contributed by atoms with Crippen LogP contribution in [-0.2, 0) is 0 Å². The fourth-order valence-corrected chi connectivity index (χ4v) is 17.7. The minimum atomic E-state index is -0.678. The smallest absolute Gasteiger partial charge is 0.0380 e. The number of para-hydroxylation sites is 8. The van der Waals surface area contributed by atoms with Crippen LogP contribution in [0.3, 0.4) is 0 Å². The van der Waals surface area contributed by atoms with Gasteiger partial charge in [-0.15, -0.1) is 0 Å². The molecule has 0 fully saturated rings. The van der Waals surface area contributed by atoms with Gasteiger partial charge in [-0.2, -0.15) is 0 Å². The molecule has 0 aliphatic carbocycles. The van der Waals surface area contributed by atoms with Crippen LogP contribution < -0.4 is 62.0 Å². The molecule has 0 spiro atoms. The van der Waals surface area contributed by atoms with Gasteiger partial charge in [0.15, 0.2) is 0 Å². The Morgan fingerprint density at radius 1 is 0.276 bits per heavy atom. The Morgan fingerprint density at radius 3 is 1.25 bits per heavy atom. The first-order valence-corrected chi connectivity index (χ1v) is 32.1. The molecule has 0 N–H and O–H groups in total. The molecule has 0 unspecified atom stereocenters. The molecule has 6 nitrogen and oxygen atoms in total. The van der Waals surface area contributed by atoms with Gasteiger partial charge in [0, 0.05) is 17.1 Å². The van der Waals surface area contributed by atoms with Crippen LogP contribution in [-0.4, -0.2) is 33.9 Å². The third-order valence-electron chi connectivity index (χ3n) is 18.0. The van der Waals surface area contributed by atoms with Crippen molar-refractivity contribution in [3.05, 3.63) is 309 Å². The summed E-state index contributed by atoms with van der Waals surface area (Å²) in [5.74, 6) is 1.68. The molecule has 4 aliphatic rings. The maximum absolute atomic E-state index is 7.81. The molecular formula is C78H51B2N5OTe. The number of benzene rings is 13. The minimum Gasteiger partial charge on any atom is -0.0602 e. The molecule has 0 bridgehead atoms. The van der Waals surface area contributed by atoms with Gasteiger partial charge in [-0.05, 0) is 36.4 Å². The summed E-state index contributed by atoms with van der Waals surface area (Å²) in [6, 6.07) is 114. The summed E-state index contributed by atoms with van der Waals surface area (Å²) in [4.78, 5) is 12.4. The SMILES string of the molecule is c1ccc(N(c2ccccc2)c2cc3c4c(c2)N(c2ccccc2)c2ccccc2B4c2cc4c(cc2O3)N(c2cccc3[te]c5ccccc5c23)c2cc(N(c3ccccc3)c3ccccc3)cc3c2B4c2ccccc2N3c2ccccc2)cc1. The van der Waals surface area contributed by atoms with Crippen LogP contribution in [0.2, 0.25) is 0 Å². The fourth-order valence-electron chi connectivity index (χ4n) is 14.5. The Bertz CT molecular complexity index is 4940. The zero-order valence-corrected chi connectivity index (χ0v) is 49.5. The number of hydrogen-bond acceptors (Lipinski definition) is 6. The van der Waals surface area contributed by atoms with Gasteiger partial charge in [-0.3, -0.25) is 0 Å². The second-order valence-corrected chi connectivity index (χ2v) is 25.8. The van der Waals surface area contributed by atoms with Crippen LogP contribution in [0.4, 0.5) is 85.3 Å². The Labute approximate surface area is 516 Å². The van der Waals surface area contributed by atoms with Crippen LogP contribution in [0.1, 0.15) is 0 Å². The third kappa shape index (κ3) is 7.83. The van der Waals surface area contributed by atoms with Crippen molar-refractivity contribution >= 4 is 170 Å². The second-order valence-electron chi connectivity index (χ2n) is 22.7. The summed E-state index contributed by atoms with van der Waals surface area (Å²) in [5.41, 5.74) is 23.8. The minimum absolute atomic E-state index is 0.162. The molecule has 5 heterocycles. The van der Waals surface area contributed by atoms with Crippen molar-refractivity contribution < 1.29 is 4.74 Å². The Hall–Kier alpha value is -10.4. The van der Waals surface area contributed by atoms with Crippen LogP contribution in [0.5, 0.6) is 11.5 Å². The van der Waals surface area contributed by atoms with Gasteiger partial charge in [0.1, 0.15) is 0 Å². The first-order chi connectivity index (χ1) is 43.2. The van der Waals surface area contributed by atoms with Gasteiger partial charge in [0.05, 0.1) is 0 Å². The van der Waals surface area contributed by atoms with E-state index in [2.05, 4.69) is 334 Å². The van der Waals surface area contributed by atoms with E-state index in [1.807, 2.05) is 0 Å². The molecular weight excluding hydrogens is 1170 g/mol. The quantitative estimate of drug-likeness (QED) is 0.134. The van der Waals surface area contributed by atoms with Crippen molar-refractivity contribution in [3.63, 3.8) is 0 Å². The Kier molecular flexibility index (Phi) is 11.5. The van der Waals surface area contributed by atoms with Gasteiger partial charge < -0.3 is 0 Å². The molecule has 0 radical (unpaired) electrons. The first-order valence-electron chi connectivity index (χ1n) is 29.8. The maximum atomic E-state index is 7.81. The standard InChI is InChI=1S/C78H51B2N5OTe/c1-7-26-52(27-8-1)81(53-28-9-2-10-29-53)58-46-69-77-70(47-58)85(67-43-25-45-75-76(67)60-38-19-24-44-74(60)87-75)68-51-72-64(50-63(68)79(77)61-39-20-22-41-65(61)83(69)56-34-15-5-16-35-56)80-62-40-21-23-42-66(62)84(57-36-17-6-18-37-57)71-48-59(49-73(86-72)78(71)80)82(54-30-11-3-12-31-54)55-32-13-4-14-33-55/h1-51H. The summed E-state index contributed by atoms with van der Waals surface area (Å²) in [5, 5.41) is 2.65. The van der Waals surface area contributed by atoms with Gasteiger partial charge in [-0.25, -0.2) is 0 Å². The zero-order valence-electron chi connectivity index (χ0n) is 47.2. The summed E-state index contributed by atoms with van der Waals surface area (Å²) in [6.07, 6.45) is 0. The number of anilines is 15. The average Bonchev–Trinajstić information content (AvgIpc) is 0.805. The number of hydrogen-bond donors (Lipinski definition) is 0. The molecule has 87 heavy (non-hydrogen) atoms. The van der Waals surface area contributed by atoms with Crippen LogP contribution in [0.15, 0.2) is 309 Å². The zero-order chi connectivity index (χ0) is 57.1. The van der Waals surface area contributed by atoms with Gasteiger partial charge in [-0.1, -0.05) is 60.7 Å². The van der Waals surface area contributed by atoms with Crippen molar-refractivity contribution in [2.75, 3.05) is 24.5 Å². The van der Waals surface area contributed by atoms with E-state index in [0.717, 1.165) is 102 Å². The summed E-state index contributed by atoms with van der Waals surface area (Å²) < 4.78 is 10.7. The average molecular weight is 1220 g/mol. The molecule has 18 rings (SSSR count). The first kappa shape index (κ1) is 50.0. The van der Waals surface area contributed by atoms with Gasteiger partial charge >= 0.3 is 406 Å². The molecule has 0 amide bonds. The number of rotatable bonds is 9. The Balaban J connectivity index is 0.952. The molecule has 1 aromatic heterocycles. The summed E-state index contributed by atoms with van der Waals surface area (Å²) >= 11 is -0.678. The molecule has 0 saturated carbocycles. The monoisotopic (exact) mass is 1230 g/mol. The number of nitrogens with zero attached hydrogens (tertiary/aromatic N) is 5.